The number of hydrogen-bond donors (Lipinski definition) is 1. The highest BCUT2D eigenvalue weighted by atomic mass is 35.5. The first-order valence-electron chi connectivity index (χ1n) is 10.6. The highest BCUT2D eigenvalue weighted by Crippen LogP contribution is 2.37. The fraction of sp³-hybridized carbons (Fsp3) is 0.240. The van der Waals surface area contributed by atoms with E-state index >= 15 is 0 Å². The van der Waals surface area contributed by atoms with E-state index in [0.29, 0.717) is 10.8 Å². The molecule has 0 spiro atoms. The third kappa shape index (κ3) is 6.70. The van der Waals surface area contributed by atoms with Gasteiger partial charge in [-0.3, -0.25) is 0 Å². The van der Waals surface area contributed by atoms with Crippen molar-refractivity contribution in [2.45, 2.75) is 23.6 Å². The van der Waals surface area contributed by atoms with Crippen LogP contribution in [0, 0.1) is 17.6 Å². The van der Waals surface area contributed by atoms with E-state index in [1.165, 1.54) is 31.2 Å². The molecule has 0 saturated carbocycles. The van der Waals surface area contributed by atoms with Gasteiger partial charge in [0, 0.05) is 23.0 Å². The highest BCUT2D eigenvalue weighted by molar-refractivity contribution is 7.91. The minimum Gasteiger partial charge on any atom is -0.497 e. The maximum Gasteiger partial charge on any atom is 0.407 e. The minimum absolute atomic E-state index is 0.119. The molecule has 1 N–H and O–H groups in total. The second-order valence-corrected chi connectivity index (χ2v) is 10.4. The minimum atomic E-state index is -4.21. The fourth-order valence-corrected chi connectivity index (χ4v) is 5.69. The summed E-state index contributed by atoms with van der Waals surface area (Å²) in [6.07, 6.45) is -0.782. The molecule has 3 aromatic rings. The second kappa shape index (κ2) is 11.5. The Hall–Kier alpha value is -3.17. The van der Waals surface area contributed by atoms with Crippen LogP contribution < -0.4 is 10.1 Å². The van der Waals surface area contributed by atoms with Gasteiger partial charge < -0.3 is 14.8 Å². The van der Waals surface area contributed by atoms with E-state index in [9.17, 15) is 22.0 Å². The summed E-state index contributed by atoms with van der Waals surface area (Å²) in [5.41, 5.74) is 0.440. The van der Waals surface area contributed by atoms with Crippen LogP contribution in [0.5, 0.6) is 5.75 Å². The molecule has 0 aliphatic heterocycles. The Morgan fingerprint density at radius 3 is 2.31 bits per heavy atom. The van der Waals surface area contributed by atoms with Crippen molar-refractivity contribution in [2.75, 3.05) is 13.7 Å². The van der Waals surface area contributed by atoms with E-state index in [1.54, 1.807) is 31.4 Å². The van der Waals surface area contributed by atoms with Crippen molar-refractivity contribution in [1.82, 2.24) is 5.32 Å². The Labute approximate surface area is 207 Å². The number of halogens is 3. The van der Waals surface area contributed by atoms with Crippen LogP contribution in [0.2, 0.25) is 5.02 Å². The average molecular weight is 524 g/mol. The first-order valence-corrected chi connectivity index (χ1v) is 12.5. The number of alkyl carbamates (subject to hydrolysis) is 1. The van der Waals surface area contributed by atoms with Crippen molar-refractivity contribution in [1.29, 1.82) is 0 Å². The molecule has 10 heteroatoms. The summed E-state index contributed by atoms with van der Waals surface area (Å²) < 4.78 is 65.8. The Morgan fingerprint density at radius 2 is 1.69 bits per heavy atom. The number of carbonyl (C=O) groups is 1. The van der Waals surface area contributed by atoms with Gasteiger partial charge >= 0.3 is 6.09 Å². The smallest absolute Gasteiger partial charge is 0.407 e. The number of carbonyl (C=O) groups excluding carboxylic acids is 1. The number of sulfone groups is 1. The summed E-state index contributed by atoms with van der Waals surface area (Å²) in [6.45, 7) is 1.29. The van der Waals surface area contributed by atoms with Crippen LogP contribution in [0.3, 0.4) is 0 Å². The summed E-state index contributed by atoms with van der Waals surface area (Å²) in [5, 5.41) is 1.37. The van der Waals surface area contributed by atoms with Gasteiger partial charge in [-0.05, 0) is 60.2 Å². The number of amides is 1. The predicted molar refractivity (Wildman–Crippen MR) is 128 cm³/mol. The molecule has 186 valence electrons. The largest absolute Gasteiger partial charge is 0.497 e. The summed E-state index contributed by atoms with van der Waals surface area (Å²) in [6, 6.07) is 15.0. The second-order valence-electron chi connectivity index (χ2n) is 7.86. The molecule has 0 aliphatic rings. The average Bonchev–Trinajstić information content (AvgIpc) is 2.84. The zero-order chi connectivity index (χ0) is 25.6. The lowest BCUT2D eigenvalue weighted by atomic mass is 10.0. The third-order valence-electron chi connectivity index (χ3n) is 5.33. The number of methoxy groups -OCH3 is 1. The van der Waals surface area contributed by atoms with Gasteiger partial charge in [0.2, 0.25) is 0 Å². The van der Waals surface area contributed by atoms with Crippen LogP contribution >= 0.6 is 11.6 Å². The number of ether oxygens (including phenoxy) is 2. The molecule has 2 atom stereocenters. The highest BCUT2D eigenvalue weighted by Gasteiger charge is 2.36. The number of benzene rings is 3. The molecule has 3 rings (SSSR count). The SMILES string of the molecule is COc1ccc(CNC(=O)OCC(C)C(c2cc(F)ccc2F)S(=O)(=O)c2ccc(Cl)cc2)cc1. The zero-order valence-electron chi connectivity index (χ0n) is 19.0. The van der Waals surface area contributed by atoms with Crippen LogP contribution in [0.25, 0.3) is 0 Å². The van der Waals surface area contributed by atoms with Gasteiger partial charge in [-0.2, -0.15) is 0 Å². The quantitative estimate of drug-likeness (QED) is 0.389. The molecule has 3 aromatic carbocycles. The van der Waals surface area contributed by atoms with Crippen molar-refractivity contribution >= 4 is 27.5 Å². The lowest BCUT2D eigenvalue weighted by molar-refractivity contribution is 0.128. The topological polar surface area (TPSA) is 81.7 Å². The van der Waals surface area contributed by atoms with E-state index in [0.717, 1.165) is 23.8 Å². The summed E-state index contributed by atoms with van der Waals surface area (Å²) in [5.74, 6) is -1.92. The molecule has 0 radical (unpaired) electrons. The normalized spacial score (nSPS) is 13.1. The Kier molecular flexibility index (Phi) is 8.69. The molecule has 1 amide bonds. The molecule has 35 heavy (non-hydrogen) atoms. The van der Waals surface area contributed by atoms with Crippen molar-refractivity contribution in [3.8, 4) is 5.75 Å². The van der Waals surface area contributed by atoms with Crippen molar-refractivity contribution in [2.24, 2.45) is 5.92 Å². The summed E-state index contributed by atoms with van der Waals surface area (Å²) in [7, 11) is -2.66. The van der Waals surface area contributed by atoms with Crippen molar-refractivity contribution < 1.29 is 31.5 Å². The van der Waals surface area contributed by atoms with Gasteiger partial charge in [-0.1, -0.05) is 30.7 Å². The fourth-order valence-electron chi connectivity index (χ4n) is 3.55. The lowest BCUT2D eigenvalue weighted by Crippen LogP contribution is -2.29. The first kappa shape index (κ1) is 26.4. The molecule has 0 fully saturated rings. The summed E-state index contributed by atoms with van der Waals surface area (Å²) >= 11 is 5.87. The van der Waals surface area contributed by atoms with E-state index in [4.69, 9.17) is 21.1 Å². The van der Waals surface area contributed by atoms with Gasteiger partial charge in [0.05, 0.1) is 23.9 Å². The van der Waals surface area contributed by atoms with Gasteiger partial charge in [-0.15, -0.1) is 0 Å². The molecule has 0 aliphatic carbocycles. The molecular weight excluding hydrogens is 500 g/mol. The van der Waals surface area contributed by atoms with E-state index < -0.39 is 38.7 Å². The van der Waals surface area contributed by atoms with Crippen LogP contribution in [-0.2, 0) is 21.1 Å². The zero-order valence-corrected chi connectivity index (χ0v) is 20.6. The standard InChI is InChI=1S/C25H24ClF2NO5S/c1-16(15-34-25(30)29-14-17-3-8-20(33-2)9-4-17)24(22-13-19(27)7-12-23(22)28)35(31,32)21-10-5-18(26)6-11-21/h3-13,16,24H,14-15H2,1-2H3,(H,29,30). The van der Waals surface area contributed by atoms with E-state index in [2.05, 4.69) is 5.32 Å². The number of nitrogens with one attached hydrogen (secondary N) is 1. The molecule has 0 heterocycles. The third-order valence-corrected chi connectivity index (χ3v) is 7.90. The number of rotatable bonds is 9. The predicted octanol–water partition coefficient (Wildman–Crippen LogP) is 5.70. The Bertz CT molecular complexity index is 1270. The van der Waals surface area contributed by atoms with Crippen LogP contribution in [0.1, 0.15) is 23.3 Å². The van der Waals surface area contributed by atoms with E-state index in [1.807, 2.05) is 0 Å². The number of hydrogen-bond acceptors (Lipinski definition) is 5. The van der Waals surface area contributed by atoms with Crippen molar-refractivity contribution in [3.05, 3.63) is 94.5 Å². The molecule has 6 nitrogen and oxygen atoms in total. The Balaban J connectivity index is 1.77. The van der Waals surface area contributed by atoms with Gasteiger partial charge in [0.15, 0.2) is 9.84 Å². The molecular formula is C25H24ClF2NO5S. The first-order chi connectivity index (χ1) is 16.6. The van der Waals surface area contributed by atoms with Crippen LogP contribution in [0.4, 0.5) is 13.6 Å². The van der Waals surface area contributed by atoms with Crippen LogP contribution in [0.15, 0.2) is 71.6 Å². The maximum absolute atomic E-state index is 14.7. The van der Waals surface area contributed by atoms with Crippen molar-refractivity contribution in [3.63, 3.8) is 0 Å². The Morgan fingerprint density at radius 1 is 1.03 bits per heavy atom. The van der Waals surface area contributed by atoms with Gasteiger partial charge in [0.1, 0.15) is 17.4 Å². The van der Waals surface area contributed by atoms with Crippen LogP contribution in [-0.4, -0.2) is 28.2 Å². The van der Waals surface area contributed by atoms with Gasteiger partial charge in [0.25, 0.3) is 0 Å². The molecule has 0 aromatic heterocycles. The summed E-state index contributed by atoms with van der Waals surface area (Å²) in [4.78, 5) is 12.1. The maximum atomic E-state index is 14.7. The molecule has 0 bridgehead atoms. The lowest BCUT2D eigenvalue weighted by Gasteiger charge is -2.25. The molecule has 2 unspecified atom stereocenters. The van der Waals surface area contributed by atoms with E-state index in [-0.39, 0.29) is 23.6 Å². The monoisotopic (exact) mass is 523 g/mol. The molecule has 0 saturated heterocycles. The van der Waals surface area contributed by atoms with Gasteiger partial charge in [-0.25, -0.2) is 22.0 Å².